The number of ketones is 2. The largest absolute Gasteiger partial charge is 0.508 e. The SMILES string of the molecule is CN(C)c1ccc2c(c1O)C(O)=C1C(=O)C3(O)C(O)=C(C(N)=O)C(=O)CC3CC1C2. The van der Waals surface area contributed by atoms with E-state index in [4.69, 9.17) is 5.73 Å². The summed E-state index contributed by atoms with van der Waals surface area (Å²) in [7, 11) is 3.42. The number of nitrogens with two attached hydrogens (primary N) is 1. The second-order valence-electron chi connectivity index (χ2n) is 8.27. The van der Waals surface area contributed by atoms with E-state index in [1.807, 2.05) is 0 Å². The number of anilines is 1. The number of amides is 1. The molecule has 3 unspecified atom stereocenters. The summed E-state index contributed by atoms with van der Waals surface area (Å²) in [5.41, 5.74) is 2.84. The van der Waals surface area contributed by atoms with E-state index in [2.05, 4.69) is 0 Å². The molecule has 0 aromatic heterocycles. The van der Waals surface area contributed by atoms with Crippen molar-refractivity contribution in [2.24, 2.45) is 17.6 Å². The summed E-state index contributed by atoms with van der Waals surface area (Å²) >= 11 is 0. The second-order valence-corrected chi connectivity index (χ2v) is 8.27. The Labute approximate surface area is 171 Å². The Kier molecular flexibility index (Phi) is 4.21. The average Bonchev–Trinajstić information content (AvgIpc) is 2.64. The molecule has 0 saturated heterocycles. The number of hydrogen-bond donors (Lipinski definition) is 5. The summed E-state index contributed by atoms with van der Waals surface area (Å²) < 4.78 is 0. The van der Waals surface area contributed by atoms with Crippen LogP contribution in [0.4, 0.5) is 5.69 Å². The lowest BCUT2D eigenvalue weighted by Crippen LogP contribution is -2.58. The Morgan fingerprint density at radius 3 is 2.43 bits per heavy atom. The minimum atomic E-state index is -2.54. The van der Waals surface area contributed by atoms with Gasteiger partial charge in [0.15, 0.2) is 11.4 Å². The standard InChI is InChI=1S/C21H22N2O7/c1-23(2)11-4-3-8-5-9-6-10-7-12(24)15(20(22)29)19(28)21(10,30)18(27)14(9)17(26)13(8)16(11)25/h3-4,9-10,25-26,28,30H,5-7H2,1-2H3,(H2,22,29). The highest BCUT2D eigenvalue weighted by Crippen LogP contribution is 2.52. The van der Waals surface area contributed by atoms with Crippen molar-refractivity contribution in [2.75, 3.05) is 19.0 Å². The van der Waals surface area contributed by atoms with Gasteiger partial charge >= 0.3 is 0 Å². The van der Waals surface area contributed by atoms with E-state index in [-0.39, 0.29) is 29.7 Å². The summed E-state index contributed by atoms with van der Waals surface area (Å²) in [5.74, 6) is -6.20. The van der Waals surface area contributed by atoms with E-state index in [1.54, 1.807) is 31.1 Å². The molecule has 0 aliphatic heterocycles. The molecule has 30 heavy (non-hydrogen) atoms. The number of carbonyl (C=O) groups is 3. The van der Waals surface area contributed by atoms with Crippen LogP contribution in [0.25, 0.3) is 5.76 Å². The maximum Gasteiger partial charge on any atom is 0.255 e. The zero-order chi connectivity index (χ0) is 22.1. The number of carbonyl (C=O) groups excluding carboxylic acids is 3. The summed E-state index contributed by atoms with van der Waals surface area (Å²) in [6, 6.07) is 3.45. The van der Waals surface area contributed by atoms with Gasteiger partial charge in [0.1, 0.15) is 22.8 Å². The number of phenols is 1. The van der Waals surface area contributed by atoms with Crippen LogP contribution in [0.3, 0.4) is 0 Å². The maximum absolute atomic E-state index is 13.3. The molecule has 1 aromatic rings. The number of primary amides is 1. The van der Waals surface area contributed by atoms with Crippen molar-refractivity contribution < 1.29 is 34.8 Å². The zero-order valence-corrected chi connectivity index (χ0v) is 16.5. The molecule has 1 saturated carbocycles. The number of aromatic hydroxyl groups is 1. The van der Waals surface area contributed by atoms with E-state index in [9.17, 15) is 34.8 Å². The monoisotopic (exact) mass is 414 g/mol. The van der Waals surface area contributed by atoms with E-state index in [0.29, 0.717) is 17.7 Å². The Bertz CT molecular complexity index is 1090. The van der Waals surface area contributed by atoms with Gasteiger partial charge in [-0.3, -0.25) is 14.4 Å². The summed E-state index contributed by atoms with van der Waals surface area (Å²) in [4.78, 5) is 38.9. The van der Waals surface area contributed by atoms with Crippen molar-refractivity contribution in [3.05, 3.63) is 40.2 Å². The molecule has 1 amide bonds. The molecule has 3 atom stereocenters. The molecule has 0 bridgehead atoms. The van der Waals surface area contributed by atoms with E-state index >= 15 is 0 Å². The fourth-order valence-electron chi connectivity index (χ4n) is 4.95. The number of aliphatic hydroxyl groups excluding tert-OH is 2. The predicted octanol–water partition coefficient (Wildman–Crippen LogP) is 0.490. The van der Waals surface area contributed by atoms with E-state index in [0.717, 1.165) is 0 Å². The molecular weight excluding hydrogens is 392 g/mol. The molecule has 0 spiro atoms. The molecule has 1 fully saturated rings. The lowest BCUT2D eigenvalue weighted by Gasteiger charge is -2.46. The fourth-order valence-corrected chi connectivity index (χ4v) is 4.95. The van der Waals surface area contributed by atoms with Crippen LogP contribution in [0.15, 0.2) is 29.0 Å². The molecule has 3 aliphatic carbocycles. The Morgan fingerprint density at radius 2 is 1.83 bits per heavy atom. The van der Waals surface area contributed by atoms with Crippen LogP contribution in [0.2, 0.25) is 0 Å². The van der Waals surface area contributed by atoms with Gasteiger partial charge in [-0.15, -0.1) is 0 Å². The van der Waals surface area contributed by atoms with Crippen LogP contribution in [0.1, 0.15) is 24.0 Å². The van der Waals surface area contributed by atoms with Gasteiger partial charge in [0.25, 0.3) is 5.91 Å². The van der Waals surface area contributed by atoms with Crippen LogP contribution < -0.4 is 10.6 Å². The molecule has 9 nitrogen and oxygen atoms in total. The minimum Gasteiger partial charge on any atom is -0.508 e. The fraction of sp³-hybridized carbons (Fsp3) is 0.381. The van der Waals surface area contributed by atoms with Gasteiger partial charge in [0, 0.05) is 32.0 Å². The van der Waals surface area contributed by atoms with Gasteiger partial charge in [0.05, 0.1) is 11.3 Å². The van der Waals surface area contributed by atoms with Gasteiger partial charge in [-0.1, -0.05) is 6.07 Å². The van der Waals surface area contributed by atoms with Crippen LogP contribution >= 0.6 is 0 Å². The van der Waals surface area contributed by atoms with Crippen LogP contribution in [0, 0.1) is 11.8 Å². The van der Waals surface area contributed by atoms with Gasteiger partial charge in [-0.05, 0) is 30.4 Å². The summed E-state index contributed by atoms with van der Waals surface area (Å²) in [6.45, 7) is 0. The number of aliphatic hydroxyl groups is 3. The number of hydrogen-bond acceptors (Lipinski definition) is 8. The van der Waals surface area contributed by atoms with Crippen molar-refractivity contribution in [2.45, 2.75) is 24.9 Å². The molecular formula is C21H22N2O7. The first kappa shape index (κ1) is 20.0. The smallest absolute Gasteiger partial charge is 0.255 e. The molecule has 158 valence electrons. The Morgan fingerprint density at radius 1 is 1.17 bits per heavy atom. The van der Waals surface area contributed by atoms with E-state index < -0.39 is 52.0 Å². The maximum atomic E-state index is 13.3. The first-order chi connectivity index (χ1) is 14.0. The number of fused-ring (bicyclic) bond motifs is 3. The van der Waals surface area contributed by atoms with Crippen molar-refractivity contribution in [3.8, 4) is 5.75 Å². The van der Waals surface area contributed by atoms with Crippen LogP contribution in [-0.2, 0) is 20.8 Å². The third-order valence-electron chi connectivity index (χ3n) is 6.40. The third kappa shape index (κ3) is 2.41. The quantitative estimate of drug-likeness (QED) is 0.437. The minimum absolute atomic E-state index is 0.0910. The normalized spacial score (nSPS) is 28.1. The van der Waals surface area contributed by atoms with Gasteiger partial charge < -0.3 is 31.1 Å². The molecule has 0 heterocycles. The van der Waals surface area contributed by atoms with Crippen LogP contribution in [-0.4, -0.2) is 57.6 Å². The average molecular weight is 414 g/mol. The number of nitrogens with zero attached hydrogens (tertiary/aromatic N) is 1. The molecule has 0 radical (unpaired) electrons. The number of rotatable bonds is 2. The van der Waals surface area contributed by atoms with Gasteiger partial charge in [0.2, 0.25) is 5.78 Å². The lowest BCUT2D eigenvalue weighted by molar-refractivity contribution is -0.147. The van der Waals surface area contributed by atoms with Gasteiger partial charge in [-0.25, -0.2) is 0 Å². The van der Waals surface area contributed by atoms with Crippen LogP contribution in [0.5, 0.6) is 5.75 Å². The highest BCUT2D eigenvalue weighted by atomic mass is 16.3. The van der Waals surface area contributed by atoms with E-state index in [1.165, 1.54) is 0 Å². The highest BCUT2D eigenvalue weighted by Gasteiger charge is 2.60. The predicted molar refractivity (Wildman–Crippen MR) is 106 cm³/mol. The van der Waals surface area contributed by atoms with Crippen molar-refractivity contribution >= 4 is 28.9 Å². The number of Topliss-reactive ketones (excluding diaryl/α,β-unsaturated/α-hetero) is 2. The highest BCUT2D eigenvalue weighted by molar-refractivity contribution is 6.22. The third-order valence-corrected chi connectivity index (χ3v) is 6.40. The number of phenolic OH excluding ortho intramolecular Hbond substituents is 1. The van der Waals surface area contributed by atoms with Crippen molar-refractivity contribution in [1.82, 2.24) is 0 Å². The molecule has 4 rings (SSSR count). The van der Waals surface area contributed by atoms with Crippen molar-refractivity contribution in [3.63, 3.8) is 0 Å². The molecule has 1 aromatic carbocycles. The summed E-state index contributed by atoms with van der Waals surface area (Å²) in [6.07, 6.45) is 0.0988. The molecule has 6 N–H and O–H groups in total. The number of benzene rings is 1. The Hall–Kier alpha value is -3.33. The van der Waals surface area contributed by atoms with Crippen molar-refractivity contribution in [1.29, 1.82) is 0 Å². The topological polar surface area (TPSA) is 161 Å². The van der Waals surface area contributed by atoms with Gasteiger partial charge in [-0.2, -0.15) is 0 Å². The molecule has 3 aliphatic rings. The first-order valence-electron chi connectivity index (χ1n) is 9.49. The summed E-state index contributed by atoms with van der Waals surface area (Å²) in [5, 5.41) is 43.3. The zero-order valence-electron chi connectivity index (χ0n) is 16.5. The first-order valence-corrected chi connectivity index (χ1v) is 9.49. The molecule has 9 heteroatoms. The lowest BCUT2D eigenvalue weighted by atomic mass is 9.59. The second kappa shape index (κ2) is 6.33. The Balaban J connectivity index is 1.93.